The monoisotopic (exact) mass is 383 g/mol. The fourth-order valence-electron chi connectivity index (χ4n) is 3.54. The number of aromatic nitrogens is 2. The van der Waals surface area contributed by atoms with Crippen molar-refractivity contribution in [3.8, 4) is 5.75 Å². The van der Waals surface area contributed by atoms with Crippen molar-refractivity contribution in [2.24, 2.45) is 5.92 Å². The van der Waals surface area contributed by atoms with Crippen LogP contribution in [0.3, 0.4) is 0 Å². The molecule has 0 spiro atoms. The van der Waals surface area contributed by atoms with Crippen molar-refractivity contribution >= 4 is 17.4 Å². The number of carbonyl (C=O) groups is 2. The van der Waals surface area contributed by atoms with E-state index in [-0.39, 0.29) is 23.5 Å². The number of nitrogens with zero attached hydrogens (tertiary/aromatic N) is 2. The molecule has 0 aliphatic carbocycles. The zero-order valence-electron chi connectivity index (χ0n) is 16.7. The minimum absolute atomic E-state index is 0.0253. The highest BCUT2D eigenvalue weighted by Gasteiger charge is 2.52. The van der Waals surface area contributed by atoms with Gasteiger partial charge in [-0.2, -0.15) is 0 Å². The Hall–Kier alpha value is -2.80. The molecular weight excluding hydrogens is 358 g/mol. The van der Waals surface area contributed by atoms with Crippen molar-refractivity contribution in [2.45, 2.75) is 45.3 Å². The summed E-state index contributed by atoms with van der Waals surface area (Å²) in [5.41, 5.74) is 0.972. The molecule has 3 atom stereocenters. The van der Waals surface area contributed by atoms with Gasteiger partial charge < -0.3 is 14.8 Å². The van der Waals surface area contributed by atoms with E-state index in [0.29, 0.717) is 22.8 Å². The van der Waals surface area contributed by atoms with Crippen LogP contribution in [0.25, 0.3) is 0 Å². The largest absolute Gasteiger partial charge is 0.495 e. The van der Waals surface area contributed by atoms with Crippen LogP contribution in [0.4, 0.5) is 5.69 Å². The van der Waals surface area contributed by atoms with E-state index in [9.17, 15) is 9.59 Å². The first-order chi connectivity index (χ1) is 13.2. The molecule has 3 heterocycles. The predicted octanol–water partition coefficient (Wildman–Crippen LogP) is 3.22. The molecule has 0 bridgehead atoms. The minimum Gasteiger partial charge on any atom is -0.495 e. The smallest absolute Gasteiger partial charge is 0.254 e. The molecule has 3 rings (SSSR count). The molecule has 1 fully saturated rings. The van der Waals surface area contributed by atoms with E-state index in [2.05, 4.69) is 15.3 Å². The topological polar surface area (TPSA) is 90.4 Å². The molecule has 0 unspecified atom stereocenters. The Balaban J connectivity index is 1.93. The van der Waals surface area contributed by atoms with Crippen LogP contribution in [0.5, 0.6) is 5.75 Å². The first-order valence-corrected chi connectivity index (χ1v) is 9.19. The minimum atomic E-state index is -0.747. The lowest BCUT2D eigenvalue weighted by Crippen LogP contribution is -2.33. The van der Waals surface area contributed by atoms with Gasteiger partial charge in [0.25, 0.3) is 5.91 Å². The lowest BCUT2D eigenvalue weighted by molar-refractivity contribution is -0.131. The number of Topliss-reactive ketones (excluding diaryl/α,β-unsaturated/α-hetero) is 1. The third-order valence-electron chi connectivity index (χ3n) is 5.37. The Labute approximate surface area is 164 Å². The summed E-state index contributed by atoms with van der Waals surface area (Å²) in [6.45, 7) is 7.41. The predicted molar refractivity (Wildman–Crippen MR) is 105 cm³/mol. The molecule has 1 saturated heterocycles. The molecule has 0 aromatic carbocycles. The molecule has 0 radical (unpaired) electrons. The summed E-state index contributed by atoms with van der Waals surface area (Å²) in [4.78, 5) is 33.1. The van der Waals surface area contributed by atoms with Crippen LogP contribution >= 0.6 is 0 Å². The van der Waals surface area contributed by atoms with Crippen molar-refractivity contribution in [1.82, 2.24) is 9.97 Å². The van der Waals surface area contributed by atoms with Crippen LogP contribution in [0.2, 0.25) is 0 Å². The summed E-state index contributed by atoms with van der Waals surface area (Å²) in [5.74, 6) is -0.0892. The van der Waals surface area contributed by atoms with E-state index < -0.39 is 11.7 Å². The number of ketones is 1. The number of amides is 1. The molecule has 7 heteroatoms. The van der Waals surface area contributed by atoms with Crippen LogP contribution in [-0.2, 0) is 9.53 Å². The Morgan fingerprint density at radius 1 is 1.21 bits per heavy atom. The number of anilines is 1. The SMILES string of the molecule is COc1cccnc1[C@@H]1[C@@H](C(=O)Nc2ccnc(C(C)=O)c2)OC(C)(C)[C@@H]1C. The molecule has 1 aliphatic rings. The normalized spacial score (nSPS) is 23.2. The van der Waals surface area contributed by atoms with Crippen LogP contribution in [0, 0.1) is 5.92 Å². The molecule has 1 N–H and O–H groups in total. The van der Waals surface area contributed by atoms with E-state index in [0.717, 1.165) is 0 Å². The molecule has 2 aromatic heterocycles. The van der Waals surface area contributed by atoms with Crippen molar-refractivity contribution in [3.05, 3.63) is 48.0 Å². The van der Waals surface area contributed by atoms with Gasteiger partial charge in [0.15, 0.2) is 5.78 Å². The van der Waals surface area contributed by atoms with Crippen molar-refractivity contribution in [1.29, 1.82) is 0 Å². The number of ether oxygens (including phenoxy) is 2. The fraction of sp³-hybridized carbons (Fsp3) is 0.429. The number of hydrogen-bond donors (Lipinski definition) is 1. The van der Waals surface area contributed by atoms with Crippen molar-refractivity contribution in [3.63, 3.8) is 0 Å². The number of rotatable bonds is 5. The van der Waals surface area contributed by atoms with Gasteiger partial charge in [-0.1, -0.05) is 6.92 Å². The molecule has 7 nitrogen and oxygen atoms in total. The first-order valence-electron chi connectivity index (χ1n) is 9.19. The number of carbonyl (C=O) groups excluding carboxylic acids is 2. The van der Waals surface area contributed by atoms with Gasteiger partial charge in [-0.15, -0.1) is 0 Å². The fourth-order valence-corrected chi connectivity index (χ4v) is 3.54. The van der Waals surface area contributed by atoms with Crippen LogP contribution in [0.1, 0.15) is 49.8 Å². The lowest BCUT2D eigenvalue weighted by Gasteiger charge is -2.24. The van der Waals surface area contributed by atoms with Gasteiger partial charge in [-0.05, 0) is 44.0 Å². The van der Waals surface area contributed by atoms with Crippen LogP contribution < -0.4 is 10.1 Å². The maximum Gasteiger partial charge on any atom is 0.254 e. The zero-order valence-corrected chi connectivity index (χ0v) is 16.7. The molecule has 2 aromatic rings. The molecule has 148 valence electrons. The summed E-state index contributed by atoms with van der Waals surface area (Å²) in [6, 6.07) is 6.82. The van der Waals surface area contributed by atoms with E-state index in [1.807, 2.05) is 26.8 Å². The van der Waals surface area contributed by atoms with Crippen LogP contribution in [-0.4, -0.2) is 40.5 Å². The van der Waals surface area contributed by atoms with Gasteiger partial charge in [0, 0.05) is 30.9 Å². The molecule has 28 heavy (non-hydrogen) atoms. The molecule has 1 amide bonds. The number of hydrogen-bond acceptors (Lipinski definition) is 6. The van der Waals surface area contributed by atoms with E-state index >= 15 is 0 Å². The highest BCUT2D eigenvalue weighted by Crippen LogP contribution is 2.47. The highest BCUT2D eigenvalue weighted by molar-refractivity contribution is 5.97. The van der Waals surface area contributed by atoms with Crippen molar-refractivity contribution in [2.75, 3.05) is 12.4 Å². The van der Waals surface area contributed by atoms with Gasteiger partial charge in [0.1, 0.15) is 17.5 Å². The van der Waals surface area contributed by atoms with Gasteiger partial charge >= 0.3 is 0 Å². The lowest BCUT2D eigenvalue weighted by atomic mass is 9.80. The molecular formula is C21H25N3O4. The van der Waals surface area contributed by atoms with E-state index in [1.54, 1.807) is 31.5 Å². The van der Waals surface area contributed by atoms with E-state index in [4.69, 9.17) is 9.47 Å². The van der Waals surface area contributed by atoms with Crippen LogP contribution in [0.15, 0.2) is 36.7 Å². The Bertz CT molecular complexity index is 897. The van der Waals surface area contributed by atoms with Gasteiger partial charge in [0.05, 0.1) is 18.4 Å². The third kappa shape index (κ3) is 3.75. The molecule has 1 aliphatic heterocycles. The summed E-state index contributed by atoms with van der Waals surface area (Å²) in [7, 11) is 1.58. The van der Waals surface area contributed by atoms with E-state index in [1.165, 1.54) is 13.1 Å². The quantitative estimate of drug-likeness (QED) is 0.797. The third-order valence-corrected chi connectivity index (χ3v) is 5.37. The van der Waals surface area contributed by atoms with Gasteiger partial charge in [-0.25, -0.2) is 0 Å². The molecule has 0 saturated carbocycles. The average Bonchev–Trinajstić information content (AvgIpc) is 2.91. The Kier molecular flexibility index (Phi) is 5.47. The van der Waals surface area contributed by atoms with Gasteiger partial charge in [-0.3, -0.25) is 19.6 Å². The maximum absolute atomic E-state index is 13.1. The number of methoxy groups -OCH3 is 1. The second kappa shape index (κ2) is 7.67. The Morgan fingerprint density at radius 2 is 1.96 bits per heavy atom. The standard InChI is InChI=1S/C21H25N3O4/c1-12-17(18-16(27-5)7-6-9-23-18)19(28-21(12,3)4)20(26)24-14-8-10-22-15(11-14)13(2)25/h6-12,17,19H,1-5H3,(H,22,24,26)/t12-,17-,19+/m1/s1. The summed E-state index contributed by atoms with van der Waals surface area (Å²) < 4.78 is 11.6. The second-order valence-electron chi connectivity index (χ2n) is 7.52. The van der Waals surface area contributed by atoms with Crippen molar-refractivity contribution < 1.29 is 19.1 Å². The Morgan fingerprint density at radius 3 is 2.64 bits per heavy atom. The first kappa shape index (κ1) is 19.9. The summed E-state index contributed by atoms with van der Waals surface area (Å²) in [6.07, 6.45) is 2.43. The average molecular weight is 383 g/mol. The second-order valence-corrected chi connectivity index (χ2v) is 7.52. The summed E-state index contributed by atoms with van der Waals surface area (Å²) >= 11 is 0. The maximum atomic E-state index is 13.1. The highest BCUT2D eigenvalue weighted by atomic mass is 16.5. The number of pyridine rings is 2. The zero-order chi connectivity index (χ0) is 20.5. The van der Waals surface area contributed by atoms with Gasteiger partial charge in [0.2, 0.25) is 0 Å². The summed E-state index contributed by atoms with van der Waals surface area (Å²) in [5, 5.41) is 2.85. The number of nitrogens with one attached hydrogen (secondary N) is 1.